The second-order valence-electron chi connectivity index (χ2n) is 6.49. The molecule has 0 atom stereocenters. The van der Waals surface area contributed by atoms with Crippen LogP contribution in [0.15, 0.2) is 52.4 Å². The monoisotopic (exact) mass is 412 g/mol. The Morgan fingerprint density at radius 1 is 0.966 bits per heavy atom. The third-order valence-corrected chi connectivity index (χ3v) is 5.08. The van der Waals surface area contributed by atoms with E-state index in [1.54, 1.807) is 6.08 Å². The number of nitrogens with two attached hydrogens (primary N) is 1. The van der Waals surface area contributed by atoms with E-state index in [0.29, 0.717) is 37.1 Å². The molecule has 0 saturated carbocycles. The first-order valence-corrected chi connectivity index (χ1v) is 10.1. The lowest BCUT2D eigenvalue weighted by molar-refractivity contribution is -0.113. The van der Waals surface area contributed by atoms with Crippen molar-refractivity contribution in [3.05, 3.63) is 64.1 Å². The summed E-state index contributed by atoms with van der Waals surface area (Å²) in [7, 11) is 0. The minimum absolute atomic E-state index is 0.271. The van der Waals surface area contributed by atoms with Gasteiger partial charge in [-0.3, -0.25) is 4.79 Å². The SMILES string of the molecule is Cc1ccc(OCCOCCOc2cccc(C=C3SC(N)=NC3=O)c2)cc1C. The zero-order valence-corrected chi connectivity index (χ0v) is 17.3. The lowest BCUT2D eigenvalue weighted by atomic mass is 10.1. The van der Waals surface area contributed by atoms with Gasteiger partial charge in [0.25, 0.3) is 5.91 Å². The van der Waals surface area contributed by atoms with E-state index in [9.17, 15) is 4.79 Å². The fourth-order valence-electron chi connectivity index (χ4n) is 2.61. The molecule has 1 amide bonds. The first-order chi connectivity index (χ1) is 14.0. The summed E-state index contributed by atoms with van der Waals surface area (Å²) in [6, 6.07) is 13.5. The first-order valence-electron chi connectivity index (χ1n) is 9.30. The molecule has 29 heavy (non-hydrogen) atoms. The topological polar surface area (TPSA) is 83.1 Å². The van der Waals surface area contributed by atoms with Gasteiger partial charge in [-0.25, -0.2) is 0 Å². The van der Waals surface area contributed by atoms with Crippen LogP contribution in [0.2, 0.25) is 0 Å². The van der Waals surface area contributed by atoms with Crippen LogP contribution in [0, 0.1) is 13.8 Å². The summed E-state index contributed by atoms with van der Waals surface area (Å²) in [5.74, 6) is 1.25. The van der Waals surface area contributed by atoms with Crippen molar-refractivity contribution >= 4 is 28.9 Å². The zero-order chi connectivity index (χ0) is 20.6. The number of carbonyl (C=O) groups is 1. The molecule has 0 unspecified atom stereocenters. The van der Waals surface area contributed by atoms with Gasteiger partial charge < -0.3 is 19.9 Å². The molecule has 0 fully saturated rings. The number of hydrogen-bond donors (Lipinski definition) is 1. The number of ether oxygens (including phenoxy) is 3. The van der Waals surface area contributed by atoms with Crippen molar-refractivity contribution in [2.45, 2.75) is 13.8 Å². The molecule has 0 spiro atoms. The molecule has 1 heterocycles. The quantitative estimate of drug-likeness (QED) is 0.499. The molecule has 0 saturated heterocycles. The molecule has 1 aliphatic heterocycles. The van der Waals surface area contributed by atoms with Crippen LogP contribution in [0.5, 0.6) is 11.5 Å². The molecule has 2 aromatic carbocycles. The van der Waals surface area contributed by atoms with Gasteiger partial charge in [-0.15, -0.1) is 0 Å². The Kier molecular flexibility index (Phi) is 7.32. The molecule has 2 aromatic rings. The van der Waals surface area contributed by atoms with Gasteiger partial charge in [-0.05, 0) is 72.6 Å². The number of amidine groups is 1. The van der Waals surface area contributed by atoms with Gasteiger partial charge in [0.05, 0.1) is 18.1 Å². The molecule has 1 aliphatic rings. The fourth-order valence-corrected chi connectivity index (χ4v) is 3.30. The van der Waals surface area contributed by atoms with Crippen molar-refractivity contribution in [3.8, 4) is 11.5 Å². The zero-order valence-electron chi connectivity index (χ0n) is 16.5. The number of carbonyl (C=O) groups excluding carboxylic acids is 1. The van der Waals surface area contributed by atoms with E-state index < -0.39 is 0 Å². The van der Waals surface area contributed by atoms with E-state index >= 15 is 0 Å². The predicted octanol–water partition coefficient (Wildman–Crippen LogP) is 3.71. The largest absolute Gasteiger partial charge is 0.491 e. The van der Waals surface area contributed by atoms with Gasteiger partial charge in [0.2, 0.25) is 0 Å². The third kappa shape index (κ3) is 6.37. The molecule has 0 aromatic heterocycles. The van der Waals surface area contributed by atoms with E-state index in [4.69, 9.17) is 19.9 Å². The predicted molar refractivity (Wildman–Crippen MR) is 116 cm³/mol. The van der Waals surface area contributed by atoms with Gasteiger partial charge in [0.1, 0.15) is 24.7 Å². The molecule has 2 N–H and O–H groups in total. The minimum atomic E-state index is -0.310. The van der Waals surface area contributed by atoms with Crippen LogP contribution >= 0.6 is 11.8 Å². The number of amides is 1. The fraction of sp³-hybridized carbons (Fsp3) is 0.273. The molecular weight excluding hydrogens is 388 g/mol. The lowest BCUT2D eigenvalue weighted by Crippen LogP contribution is -2.12. The summed E-state index contributed by atoms with van der Waals surface area (Å²) < 4.78 is 17.0. The normalized spacial score (nSPS) is 14.9. The molecule has 3 rings (SSSR count). The number of aryl methyl sites for hydroxylation is 2. The van der Waals surface area contributed by atoms with Crippen LogP contribution in [0.4, 0.5) is 0 Å². The smallest absolute Gasteiger partial charge is 0.286 e. The van der Waals surface area contributed by atoms with Crippen molar-refractivity contribution in [1.82, 2.24) is 0 Å². The van der Waals surface area contributed by atoms with Crippen LogP contribution in [0.25, 0.3) is 6.08 Å². The average molecular weight is 413 g/mol. The van der Waals surface area contributed by atoms with Crippen LogP contribution in [-0.2, 0) is 9.53 Å². The van der Waals surface area contributed by atoms with Gasteiger partial charge >= 0.3 is 0 Å². The van der Waals surface area contributed by atoms with Crippen LogP contribution in [-0.4, -0.2) is 37.5 Å². The summed E-state index contributed by atoms with van der Waals surface area (Å²) in [6.07, 6.45) is 1.75. The van der Waals surface area contributed by atoms with E-state index in [1.165, 1.54) is 22.9 Å². The minimum Gasteiger partial charge on any atom is -0.491 e. The van der Waals surface area contributed by atoms with Crippen molar-refractivity contribution < 1.29 is 19.0 Å². The van der Waals surface area contributed by atoms with Gasteiger partial charge in [-0.1, -0.05) is 18.2 Å². The Labute approximate surface area is 174 Å². The lowest BCUT2D eigenvalue weighted by Gasteiger charge is -2.10. The van der Waals surface area contributed by atoms with E-state index in [-0.39, 0.29) is 11.1 Å². The number of benzene rings is 2. The van der Waals surface area contributed by atoms with Crippen molar-refractivity contribution in [3.63, 3.8) is 0 Å². The highest BCUT2D eigenvalue weighted by Gasteiger charge is 2.19. The summed E-state index contributed by atoms with van der Waals surface area (Å²) in [5, 5.41) is 0.271. The number of aliphatic imine (C=N–C) groups is 1. The maximum Gasteiger partial charge on any atom is 0.286 e. The van der Waals surface area contributed by atoms with Crippen LogP contribution < -0.4 is 15.2 Å². The number of rotatable bonds is 9. The first kappa shape index (κ1) is 21.0. The summed E-state index contributed by atoms with van der Waals surface area (Å²) in [5.41, 5.74) is 8.87. The number of nitrogens with zero attached hydrogens (tertiary/aromatic N) is 1. The second-order valence-corrected chi connectivity index (χ2v) is 7.56. The molecule has 152 valence electrons. The number of hydrogen-bond acceptors (Lipinski definition) is 6. The van der Waals surface area contributed by atoms with E-state index in [1.807, 2.05) is 42.5 Å². The summed E-state index contributed by atoms with van der Waals surface area (Å²) in [4.78, 5) is 15.9. The highest BCUT2D eigenvalue weighted by atomic mass is 32.2. The van der Waals surface area contributed by atoms with Crippen molar-refractivity contribution in [1.29, 1.82) is 0 Å². The highest BCUT2D eigenvalue weighted by molar-refractivity contribution is 8.18. The maximum atomic E-state index is 11.7. The molecule has 0 bridgehead atoms. The van der Waals surface area contributed by atoms with Gasteiger partial charge in [0, 0.05) is 0 Å². The van der Waals surface area contributed by atoms with Gasteiger partial charge in [0.15, 0.2) is 5.17 Å². The Balaban J connectivity index is 1.36. The Morgan fingerprint density at radius 2 is 1.69 bits per heavy atom. The average Bonchev–Trinajstić information content (AvgIpc) is 3.01. The third-order valence-electron chi connectivity index (χ3n) is 4.26. The molecule has 0 radical (unpaired) electrons. The maximum absolute atomic E-state index is 11.7. The van der Waals surface area contributed by atoms with Crippen molar-refractivity contribution in [2.75, 3.05) is 26.4 Å². The van der Waals surface area contributed by atoms with E-state index in [0.717, 1.165) is 11.3 Å². The molecule has 0 aliphatic carbocycles. The Morgan fingerprint density at radius 3 is 2.34 bits per heavy atom. The summed E-state index contributed by atoms with van der Waals surface area (Å²) in [6.45, 7) is 6.00. The Bertz CT molecular complexity index is 940. The molecule has 6 nitrogen and oxygen atoms in total. The standard InChI is InChI=1S/C22H24N2O4S/c1-15-6-7-19(12-16(15)2)28-11-9-26-8-10-27-18-5-3-4-17(13-18)14-20-21(25)24-22(23)29-20/h3-7,12-14H,8-11H2,1-2H3,(H2,23,24,25). The molecule has 7 heteroatoms. The number of thioether (sulfide) groups is 1. The highest BCUT2D eigenvalue weighted by Crippen LogP contribution is 2.27. The second kappa shape index (κ2) is 10.1. The van der Waals surface area contributed by atoms with Crippen molar-refractivity contribution in [2.24, 2.45) is 10.7 Å². The van der Waals surface area contributed by atoms with Gasteiger partial charge in [-0.2, -0.15) is 4.99 Å². The van der Waals surface area contributed by atoms with E-state index in [2.05, 4.69) is 18.8 Å². The van der Waals surface area contributed by atoms with Crippen LogP contribution in [0.1, 0.15) is 16.7 Å². The Hall–Kier alpha value is -2.77. The van der Waals surface area contributed by atoms with Crippen LogP contribution in [0.3, 0.4) is 0 Å². The molecular formula is C22H24N2O4S. The summed E-state index contributed by atoms with van der Waals surface area (Å²) >= 11 is 1.17.